The fourth-order valence-electron chi connectivity index (χ4n) is 3.79. The van der Waals surface area contributed by atoms with Crippen LogP contribution in [0.25, 0.3) is 0 Å². The highest BCUT2D eigenvalue weighted by Crippen LogP contribution is 2.28. The lowest BCUT2D eigenvalue weighted by Crippen LogP contribution is -2.45. The molecule has 1 fully saturated rings. The summed E-state index contributed by atoms with van der Waals surface area (Å²) in [6.07, 6.45) is 4.39. The first-order chi connectivity index (χ1) is 14.2. The van der Waals surface area contributed by atoms with Crippen LogP contribution in [0.5, 0.6) is 0 Å². The van der Waals surface area contributed by atoms with Crippen LogP contribution in [-0.2, 0) is 16.4 Å². The molecule has 1 heterocycles. The third kappa shape index (κ3) is 5.62. The number of nitrogens with zero attached hydrogens (tertiary/aromatic N) is 1. The highest BCUT2D eigenvalue weighted by atomic mass is 35.5. The molecule has 162 valence electrons. The summed E-state index contributed by atoms with van der Waals surface area (Å²) in [6.45, 7) is 4.86. The van der Waals surface area contributed by atoms with Crippen molar-refractivity contribution in [2.75, 3.05) is 13.1 Å². The molecule has 0 saturated carbocycles. The van der Waals surface area contributed by atoms with Gasteiger partial charge in [0.1, 0.15) is 4.90 Å². The van der Waals surface area contributed by atoms with Gasteiger partial charge in [-0.05, 0) is 56.9 Å². The Hall–Kier alpha value is -1.89. The highest BCUT2D eigenvalue weighted by Gasteiger charge is 2.29. The number of benzene rings is 2. The largest absolute Gasteiger partial charge is 0.347 e. The van der Waals surface area contributed by atoms with E-state index in [9.17, 15) is 13.2 Å². The molecule has 0 aliphatic carbocycles. The Morgan fingerprint density at radius 3 is 2.30 bits per heavy atom. The van der Waals surface area contributed by atoms with Crippen molar-refractivity contribution in [2.45, 2.75) is 56.4 Å². The van der Waals surface area contributed by atoms with E-state index < -0.39 is 15.6 Å². The van der Waals surface area contributed by atoms with Gasteiger partial charge in [0.2, 0.25) is 10.0 Å². The van der Waals surface area contributed by atoms with Gasteiger partial charge in [0, 0.05) is 24.2 Å². The molecular weight excluding hydrogens is 420 g/mol. The number of amides is 1. The number of sulfonamides is 1. The quantitative estimate of drug-likeness (QED) is 0.699. The van der Waals surface area contributed by atoms with Gasteiger partial charge in [-0.2, -0.15) is 4.31 Å². The molecule has 30 heavy (non-hydrogen) atoms. The molecular formula is C23H29ClN2O3S. The fourth-order valence-corrected chi connectivity index (χ4v) is 5.81. The monoisotopic (exact) mass is 448 g/mol. The Bertz CT molecular complexity index is 983. The number of carbonyl (C=O) groups excluding carboxylic acids is 1. The van der Waals surface area contributed by atoms with Crippen LogP contribution in [0.15, 0.2) is 53.4 Å². The van der Waals surface area contributed by atoms with E-state index in [-0.39, 0.29) is 21.4 Å². The van der Waals surface area contributed by atoms with Crippen molar-refractivity contribution in [3.8, 4) is 0 Å². The van der Waals surface area contributed by atoms with Crippen LogP contribution in [0.3, 0.4) is 0 Å². The van der Waals surface area contributed by atoms with E-state index in [1.165, 1.54) is 16.4 Å². The Kier molecular flexibility index (Phi) is 7.22. The first-order valence-corrected chi connectivity index (χ1v) is 12.2. The number of rotatable bonds is 6. The maximum atomic E-state index is 13.2. The standard InChI is InChI=1S/C23H29ClN2O3S/c1-23(2,17-18-10-6-5-7-11-18)25-22(27)19-12-13-20(24)21(16-19)30(28,29)26-14-8-3-4-9-15-26/h5-7,10-13,16H,3-4,8-9,14-15,17H2,1-2H3,(H,25,27). The summed E-state index contributed by atoms with van der Waals surface area (Å²) < 4.78 is 27.8. The van der Waals surface area contributed by atoms with Crippen LogP contribution in [0.1, 0.15) is 55.5 Å². The second kappa shape index (κ2) is 9.50. The molecule has 7 heteroatoms. The molecule has 0 aromatic heterocycles. The van der Waals surface area contributed by atoms with Gasteiger partial charge >= 0.3 is 0 Å². The van der Waals surface area contributed by atoms with Crippen molar-refractivity contribution in [3.05, 3.63) is 64.7 Å². The van der Waals surface area contributed by atoms with E-state index in [1.807, 2.05) is 44.2 Å². The normalized spacial score (nSPS) is 16.1. The molecule has 5 nitrogen and oxygen atoms in total. The smallest absolute Gasteiger partial charge is 0.251 e. The summed E-state index contributed by atoms with van der Waals surface area (Å²) in [7, 11) is -3.74. The lowest BCUT2D eigenvalue weighted by molar-refractivity contribution is 0.0913. The molecule has 0 bridgehead atoms. The summed E-state index contributed by atoms with van der Waals surface area (Å²) in [4.78, 5) is 12.9. The van der Waals surface area contributed by atoms with Crippen LogP contribution in [0.2, 0.25) is 5.02 Å². The molecule has 3 rings (SSSR count). The van der Waals surface area contributed by atoms with Gasteiger partial charge in [-0.3, -0.25) is 4.79 Å². The third-order valence-electron chi connectivity index (χ3n) is 5.32. The average molecular weight is 449 g/mol. The van der Waals surface area contributed by atoms with Crippen LogP contribution in [0.4, 0.5) is 0 Å². The van der Waals surface area contributed by atoms with Crippen LogP contribution in [0, 0.1) is 0 Å². The first-order valence-electron chi connectivity index (χ1n) is 10.4. The average Bonchev–Trinajstić information content (AvgIpc) is 2.98. The second-order valence-electron chi connectivity index (χ2n) is 8.46. The van der Waals surface area contributed by atoms with Gasteiger partial charge in [-0.25, -0.2) is 8.42 Å². The molecule has 0 atom stereocenters. The summed E-state index contributed by atoms with van der Waals surface area (Å²) >= 11 is 6.25. The number of carbonyl (C=O) groups is 1. The Morgan fingerprint density at radius 2 is 1.67 bits per heavy atom. The maximum absolute atomic E-state index is 13.2. The Labute approximate surface area is 184 Å². The van der Waals surface area contributed by atoms with Gasteiger partial charge in [-0.15, -0.1) is 0 Å². The zero-order chi connectivity index (χ0) is 21.8. The molecule has 1 N–H and O–H groups in total. The molecule has 1 aliphatic rings. The number of hydrogen-bond acceptors (Lipinski definition) is 3. The molecule has 2 aromatic carbocycles. The van der Waals surface area contributed by atoms with E-state index in [4.69, 9.17) is 11.6 Å². The van der Waals surface area contributed by atoms with Crippen LogP contribution in [-0.4, -0.2) is 37.3 Å². The molecule has 0 radical (unpaired) electrons. The Morgan fingerprint density at radius 1 is 1.03 bits per heavy atom. The number of hydrogen-bond donors (Lipinski definition) is 1. The molecule has 1 saturated heterocycles. The van der Waals surface area contributed by atoms with E-state index in [0.717, 1.165) is 31.2 Å². The van der Waals surface area contributed by atoms with Crippen LogP contribution < -0.4 is 5.32 Å². The topological polar surface area (TPSA) is 66.5 Å². The summed E-state index contributed by atoms with van der Waals surface area (Å²) in [6, 6.07) is 14.4. The molecule has 1 amide bonds. The predicted molar refractivity (Wildman–Crippen MR) is 120 cm³/mol. The zero-order valence-corrected chi connectivity index (χ0v) is 19.1. The second-order valence-corrected chi connectivity index (χ2v) is 10.8. The van der Waals surface area contributed by atoms with Gasteiger partial charge in [0.25, 0.3) is 5.91 Å². The SMILES string of the molecule is CC(C)(Cc1ccccc1)NC(=O)c1ccc(Cl)c(S(=O)(=O)N2CCCCCC2)c1. The van der Waals surface area contributed by atoms with Gasteiger partial charge in [-0.1, -0.05) is 54.8 Å². The van der Waals surface area contributed by atoms with Gasteiger partial charge in [0.15, 0.2) is 0 Å². The first kappa shape index (κ1) is 22.8. The van der Waals surface area contributed by atoms with Gasteiger partial charge < -0.3 is 5.32 Å². The van der Waals surface area contributed by atoms with E-state index in [2.05, 4.69) is 5.32 Å². The van der Waals surface area contributed by atoms with E-state index in [0.29, 0.717) is 19.5 Å². The van der Waals surface area contributed by atoms with Crippen molar-refractivity contribution in [2.24, 2.45) is 0 Å². The minimum atomic E-state index is -3.74. The number of nitrogens with one attached hydrogen (secondary N) is 1. The minimum absolute atomic E-state index is 0.000387. The van der Waals surface area contributed by atoms with Crippen molar-refractivity contribution in [1.82, 2.24) is 9.62 Å². The van der Waals surface area contributed by atoms with E-state index >= 15 is 0 Å². The maximum Gasteiger partial charge on any atom is 0.251 e. The number of halogens is 1. The van der Waals surface area contributed by atoms with Crippen molar-refractivity contribution >= 4 is 27.5 Å². The van der Waals surface area contributed by atoms with Crippen molar-refractivity contribution in [3.63, 3.8) is 0 Å². The van der Waals surface area contributed by atoms with Crippen molar-refractivity contribution < 1.29 is 13.2 Å². The molecule has 0 spiro atoms. The lowest BCUT2D eigenvalue weighted by atomic mass is 9.94. The zero-order valence-electron chi connectivity index (χ0n) is 17.5. The summed E-state index contributed by atoms with van der Waals surface area (Å²) in [5.41, 5.74) is 0.902. The highest BCUT2D eigenvalue weighted by molar-refractivity contribution is 7.89. The minimum Gasteiger partial charge on any atom is -0.347 e. The lowest BCUT2D eigenvalue weighted by Gasteiger charge is -2.27. The van der Waals surface area contributed by atoms with Crippen LogP contribution >= 0.6 is 11.6 Å². The Balaban J connectivity index is 1.80. The summed E-state index contributed by atoms with van der Waals surface area (Å²) in [5, 5.41) is 3.16. The van der Waals surface area contributed by atoms with Crippen molar-refractivity contribution in [1.29, 1.82) is 0 Å². The van der Waals surface area contributed by atoms with Gasteiger partial charge in [0.05, 0.1) is 5.02 Å². The summed E-state index contributed by atoms with van der Waals surface area (Å²) in [5.74, 6) is -0.320. The predicted octanol–water partition coefficient (Wildman–Crippen LogP) is 4.66. The molecule has 1 aliphatic heterocycles. The fraction of sp³-hybridized carbons (Fsp3) is 0.435. The molecule has 0 unspecified atom stereocenters. The van der Waals surface area contributed by atoms with E-state index in [1.54, 1.807) is 6.07 Å². The molecule has 2 aromatic rings. The third-order valence-corrected chi connectivity index (χ3v) is 7.70.